The summed E-state index contributed by atoms with van der Waals surface area (Å²) in [6, 6.07) is 3.82. The first-order valence-electron chi connectivity index (χ1n) is 5.31. The summed E-state index contributed by atoms with van der Waals surface area (Å²) < 4.78 is 6.50. The lowest BCUT2D eigenvalue weighted by atomic mass is 10.2. The highest BCUT2D eigenvalue weighted by molar-refractivity contribution is 9.10. The van der Waals surface area contributed by atoms with Crippen molar-refractivity contribution in [2.24, 2.45) is 0 Å². The molecule has 0 amide bonds. The topological polar surface area (TPSA) is 25.4 Å². The number of likely N-dealkylation sites (tertiary alicyclic amines) is 1. The lowest BCUT2D eigenvalue weighted by Gasteiger charge is -2.30. The number of pyridine rings is 1. The Morgan fingerprint density at radius 2 is 2.27 bits per heavy atom. The fraction of sp³-hybridized carbons (Fsp3) is 0.545. The molecule has 3 nitrogen and oxygen atoms in total. The van der Waals surface area contributed by atoms with Crippen molar-refractivity contribution >= 4 is 15.9 Å². The average Bonchev–Trinajstić information content (AvgIpc) is 2.18. The summed E-state index contributed by atoms with van der Waals surface area (Å²) in [4.78, 5) is 6.59. The van der Waals surface area contributed by atoms with Gasteiger partial charge in [-0.25, -0.2) is 4.98 Å². The van der Waals surface area contributed by atoms with Gasteiger partial charge in [0.1, 0.15) is 0 Å². The number of halogens is 1. The van der Waals surface area contributed by atoms with Crippen LogP contribution in [0.25, 0.3) is 0 Å². The van der Waals surface area contributed by atoms with E-state index in [0.29, 0.717) is 5.88 Å². The van der Waals surface area contributed by atoms with E-state index in [0.717, 1.165) is 24.0 Å². The predicted molar refractivity (Wildman–Crippen MR) is 63.1 cm³/mol. The van der Waals surface area contributed by atoms with Crippen molar-refractivity contribution < 1.29 is 4.74 Å². The van der Waals surface area contributed by atoms with Crippen molar-refractivity contribution in [3.8, 4) is 5.88 Å². The Morgan fingerprint density at radius 1 is 1.40 bits per heavy atom. The van der Waals surface area contributed by atoms with Gasteiger partial charge in [0.15, 0.2) is 0 Å². The highest BCUT2D eigenvalue weighted by Gasteiger charge is 2.12. The van der Waals surface area contributed by atoms with E-state index in [9.17, 15) is 0 Å². The Labute approximate surface area is 98.6 Å². The molecule has 82 valence electrons. The largest absolute Gasteiger partial charge is 0.478 e. The molecule has 15 heavy (non-hydrogen) atoms. The van der Waals surface area contributed by atoms with Gasteiger partial charge in [-0.3, -0.25) is 0 Å². The van der Waals surface area contributed by atoms with Crippen LogP contribution in [0.15, 0.2) is 22.8 Å². The first kappa shape index (κ1) is 10.9. The second-order valence-corrected chi connectivity index (χ2v) is 4.63. The quantitative estimate of drug-likeness (QED) is 0.768. The van der Waals surface area contributed by atoms with Crippen LogP contribution in [-0.2, 0) is 0 Å². The number of rotatable bonds is 5. The summed E-state index contributed by atoms with van der Waals surface area (Å²) in [5, 5.41) is 0. The molecule has 0 aromatic carbocycles. The fourth-order valence-electron chi connectivity index (χ4n) is 1.52. The highest BCUT2D eigenvalue weighted by atomic mass is 79.9. The van der Waals surface area contributed by atoms with Crippen molar-refractivity contribution in [1.29, 1.82) is 0 Å². The summed E-state index contributed by atoms with van der Waals surface area (Å²) in [6.07, 6.45) is 4.19. The average molecular weight is 271 g/mol. The molecule has 0 saturated carbocycles. The molecule has 0 radical (unpaired) electrons. The minimum absolute atomic E-state index is 0.710. The normalized spacial score (nSPS) is 16.1. The highest BCUT2D eigenvalue weighted by Crippen LogP contribution is 2.12. The molecule has 1 saturated heterocycles. The molecule has 1 aliphatic rings. The monoisotopic (exact) mass is 270 g/mol. The Morgan fingerprint density at radius 3 is 2.87 bits per heavy atom. The lowest BCUT2D eigenvalue weighted by Crippen LogP contribution is -2.38. The predicted octanol–water partition coefficient (Wildman–Crippen LogP) is 2.32. The maximum absolute atomic E-state index is 5.52. The van der Waals surface area contributed by atoms with Gasteiger partial charge in [-0.05, 0) is 47.9 Å². The minimum atomic E-state index is 0.710. The van der Waals surface area contributed by atoms with E-state index < -0.39 is 0 Å². The van der Waals surface area contributed by atoms with Crippen LogP contribution in [0, 0.1) is 0 Å². The van der Waals surface area contributed by atoms with Crippen molar-refractivity contribution in [3.05, 3.63) is 22.8 Å². The number of nitrogens with zero attached hydrogens (tertiary/aromatic N) is 2. The van der Waals surface area contributed by atoms with E-state index in [-0.39, 0.29) is 0 Å². The van der Waals surface area contributed by atoms with Gasteiger partial charge < -0.3 is 9.64 Å². The lowest BCUT2D eigenvalue weighted by molar-refractivity contribution is 0.164. The van der Waals surface area contributed by atoms with E-state index in [1.165, 1.54) is 19.5 Å². The standard InChI is InChI=1S/C11H15BrN2O/c12-10-3-4-11(13-9-10)15-8-2-7-14-5-1-6-14/h3-4,9H,1-2,5-8H2. The summed E-state index contributed by atoms with van der Waals surface area (Å²) in [6.45, 7) is 4.43. The van der Waals surface area contributed by atoms with Crippen molar-refractivity contribution in [2.75, 3.05) is 26.2 Å². The van der Waals surface area contributed by atoms with Gasteiger partial charge in [0.2, 0.25) is 5.88 Å². The van der Waals surface area contributed by atoms with Gasteiger partial charge in [0.05, 0.1) is 6.61 Å². The zero-order chi connectivity index (χ0) is 10.5. The fourth-order valence-corrected chi connectivity index (χ4v) is 1.75. The molecule has 4 heteroatoms. The zero-order valence-corrected chi connectivity index (χ0v) is 10.2. The first-order valence-corrected chi connectivity index (χ1v) is 6.10. The van der Waals surface area contributed by atoms with Gasteiger partial charge in [-0.2, -0.15) is 0 Å². The Hall–Kier alpha value is -0.610. The molecule has 1 fully saturated rings. The van der Waals surface area contributed by atoms with E-state index in [2.05, 4.69) is 25.8 Å². The number of hydrogen-bond donors (Lipinski definition) is 0. The summed E-state index contributed by atoms with van der Waals surface area (Å²) in [5.41, 5.74) is 0. The molecule has 0 N–H and O–H groups in total. The van der Waals surface area contributed by atoms with Gasteiger partial charge in [0, 0.05) is 23.3 Å². The summed E-state index contributed by atoms with van der Waals surface area (Å²) in [5.74, 6) is 0.710. The number of aromatic nitrogens is 1. The van der Waals surface area contributed by atoms with E-state index in [4.69, 9.17) is 4.74 Å². The molecule has 2 rings (SSSR count). The van der Waals surface area contributed by atoms with E-state index in [1.807, 2.05) is 12.1 Å². The summed E-state index contributed by atoms with van der Waals surface area (Å²) in [7, 11) is 0. The van der Waals surface area contributed by atoms with Crippen LogP contribution in [0.4, 0.5) is 0 Å². The Bertz CT molecular complexity index is 298. The molecular weight excluding hydrogens is 256 g/mol. The van der Waals surface area contributed by atoms with Crippen LogP contribution in [0.2, 0.25) is 0 Å². The SMILES string of the molecule is Brc1ccc(OCCCN2CCC2)nc1. The number of ether oxygens (including phenoxy) is 1. The van der Waals surface area contributed by atoms with E-state index in [1.54, 1.807) is 6.20 Å². The molecule has 0 bridgehead atoms. The zero-order valence-electron chi connectivity index (χ0n) is 8.66. The van der Waals surface area contributed by atoms with Crippen LogP contribution in [0.1, 0.15) is 12.8 Å². The Kier molecular flexibility index (Phi) is 3.97. The molecule has 0 aliphatic carbocycles. The molecule has 0 unspecified atom stereocenters. The van der Waals surface area contributed by atoms with Gasteiger partial charge in [0.25, 0.3) is 0 Å². The Balaban J connectivity index is 1.62. The van der Waals surface area contributed by atoms with Gasteiger partial charge in [-0.15, -0.1) is 0 Å². The van der Waals surface area contributed by atoms with Crippen LogP contribution in [0.3, 0.4) is 0 Å². The third kappa shape index (κ3) is 3.47. The molecule has 1 aromatic heterocycles. The molecular formula is C11H15BrN2O. The van der Waals surface area contributed by atoms with Crippen LogP contribution < -0.4 is 4.74 Å². The smallest absolute Gasteiger partial charge is 0.213 e. The van der Waals surface area contributed by atoms with Crippen LogP contribution in [0.5, 0.6) is 5.88 Å². The van der Waals surface area contributed by atoms with Crippen molar-refractivity contribution in [2.45, 2.75) is 12.8 Å². The first-order chi connectivity index (χ1) is 7.34. The summed E-state index contributed by atoms with van der Waals surface area (Å²) >= 11 is 3.34. The molecule has 2 heterocycles. The van der Waals surface area contributed by atoms with Gasteiger partial charge >= 0.3 is 0 Å². The number of hydrogen-bond acceptors (Lipinski definition) is 3. The van der Waals surface area contributed by atoms with Gasteiger partial charge in [-0.1, -0.05) is 0 Å². The van der Waals surface area contributed by atoms with E-state index >= 15 is 0 Å². The third-order valence-electron chi connectivity index (χ3n) is 2.52. The molecule has 1 aromatic rings. The molecule has 0 atom stereocenters. The second-order valence-electron chi connectivity index (χ2n) is 3.71. The maximum atomic E-state index is 5.52. The second kappa shape index (κ2) is 5.47. The molecule has 0 spiro atoms. The van der Waals surface area contributed by atoms with Crippen LogP contribution >= 0.6 is 15.9 Å². The van der Waals surface area contributed by atoms with Crippen molar-refractivity contribution in [3.63, 3.8) is 0 Å². The third-order valence-corrected chi connectivity index (χ3v) is 2.99. The maximum Gasteiger partial charge on any atom is 0.213 e. The minimum Gasteiger partial charge on any atom is -0.478 e. The van der Waals surface area contributed by atoms with Crippen molar-refractivity contribution in [1.82, 2.24) is 9.88 Å². The van der Waals surface area contributed by atoms with Crippen LogP contribution in [-0.4, -0.2) is 36.1 Å². The molecule has 1 aliphatic heterocycles.